The first-order chi connectivity index (χ1) is 15.7. The molecule has 0 fully saturated rings. The first-order valence-corrected chi connectivity index (χ1v) is 10.5. The lowest BCUT2D eigenvalue weighted by Gasteiger charge is -2.14. The molecule has 1 aliphatic heterocycles. The number of aldehydes is 1. The van der Waals surface area contributed by atoms with Crippen LogP contribution in [0.1, 0.15) is 35.5 Å². The molecule has 1 atom stereocenters. The van der Waals surface area contributed by atoms with E-state index >= 15 is 0 Å². The molecule has 0 saturated carbocycles. The first-order valence-electron chi connectivity index (χ1n) is 9.64. The minimum atomic E-state index is -4.42. The van der Waals surface area contributed by atoms with Crippen LogP contribution >= 0.6 is 11.3 Å². The van der Waals surface area contributed by atoms with Crippen molar-refractivity contribution in [2.75, 3.05) is 5.73 Å². The Morgan fingerprint density at radius 3 is 2.48 bits per heavy atom. The summed E-state index contributed by atoms with van der Waals surface area (Å²) in [4.78, 5) is 15.6. The molecule has 170 valence electrons. The van der Waals surface area contributed by atoms with E-state index in [1.165, 1.54) is 35.6 Å². The maximum absolute atomic E-state index is 14.6. The van der Waals surface area contributed by atoms with Gasteiger partial charge in [0.2, 0.25) is 0 Å². The summed E-state index contributed by atoms with van der Waals surface area (Å²) in [5.41, 5.74) is 6.53. The Balaban J connectivity index is 1.49. The van der Waals surface area contributed by atoms with Crippen molar-refractivity contribution in [3.63, 3.8) is 0 Å². The predicted octanol–water partition coefficient (Wildman–Crippen LogP) is 5.44. The average Bonchev–Trinajstić information content (AvgIpc) is 3.40. The molecule has 11 heteroatoms. The van der Waals surface area contributed by atoms with E-state index in [9.17, 15) is 22.4 Å². The van der Waals surface area contributed by atoms with E-state index in [1.807, 2.05) is 0 Å². The van der Waals surface area contributed by atoms with Gasteiger partial charge in [0.15, 0.2) is 6.29 Å². The van der Waals surface area contributed by atoms with Crippen molar-refractivity contribution in [1.82, 2.24) is 4.98 Å². The normalized spacial score (nSPS) is 14.6. The zero-order valence-electron chi connectivity index (χ0n) is 17.1. The van der Waals surface area contributed by atoms with Gasteiger partial charge >= 0.3 is 6.18 Å². The van der Waals surface area contributed by atoms with Crippen LogP contribution in [0.5, 0.6) is 5.75 Å². The first kappa shape index (κ1) is 22.6. The highest BCUT2D eigenvalue weighted by Gasteiger charge is 2.30. The van der Waals surface area contributed by atoms with E-state index in [1.54, 1.807) is 13.0 Å². The number of benzene rings is 2. The largest absolute Gasteiger partial charge is 0.485 e. The molecule has 0 saturated heterocycles. The Kier molecular flexibility index (Phi) is 5.98. The number of hydrogen-bond acceptors (Lipinski definition) is 7. The molecule has 4 rings (SSSR count). The van der Waals surface area contributed by atoms with E-state index < -0.39 is 23.7 Å². The highest BCUT2D eigenvalue weighted by atomic mass is 32.1. The second-order valence-corrected chi connectivity index (χ2v) is 8.21. The monoisotopic (exact) mass is 476 g/mol. The number of ether oxygens (including phenoxy) is 1. The van der Waals surface area contributed by atoms with Gasteiger partial charge in [0.1, 0.15) is 34.2 Å². The lowest BCUT2D eigenvalue weighted by atomic mass is 10.1. The van der Waals surface area contributed by atoms with Crippen LogP contribution < -0.4 is 10.5 Å². The van der Waals surface area contributed by atoms with Crippen molar-refractivity contribution in [1.29, 1.82) is 0 Å². The van der Waals surface area contributed by atoms with Gasteiger partial charge in [0.05, 0.1) is 16.2 Å². The predicted molar refractivity (Wildman–Crippen MR) is 117 cm³/mol. The van der Waals surface area contributed by atoms with Gasteiger partial charge in [0, 0.05) is 23.6 Å². The number of nitrogen functional groups attached to an aromatic ring is 1. The minimum Gasteiger partial charge on any atom is -0.485 e. The molecule has 2 aromatic carbocycles. The van der Waals surface area contributed by atoms with Gasteiger partial charge in [-0.3, -0.25) is 4.79 Å². The summed E-state index contributed by atoms with van der Waals surface area (Å²) in [6.07, 6.45) is -4.29. The molecular formula is C22H16F4N4O2S. The van der Waals surface area contributed by atoms with E-state index in [4.69, 9.17) is 10.5 Å². The number of thiazole rings is 1. The van der Waals surface area contributed by atoms with Crippen molar-refractivity contribution in [3.8, 4) is 16.3 Å². The van der Waals surface area contributed by atoms with E-state index in [-0.39, 0.29) is 29.3 Å². The second-order valence-electron chi connectivity index (χ2n) is 7.18. The zero-order valence-corrected chi connectivity index (χ0v) is 17.9. The molecule has 1 aliphatic rings. The molecule has 33 heavy (non-hydrogen) atoms. The SMILES string of the molecule is CC(Oc1ccc(C2=NN=C(C=O)C2)c(F)c1)c1sc(-c2ccc(C(F)(F)F)cc2)nc1N. The van der Waals surface area contributed by atoms with Crippen molar-refractivity contribution < 1.29 is 27.1 Å². The summed E-state index contributed by atoms with van der Waals surface area (Å²) in [6, 6.07) is 8.86. The summed E-state index contributed by atoms with van der Waals surface area (Å²) >= 11 is 1.18. The van der Waals surface area contributed by atoms with Crippen LogP contribution in [-0.2, 0) is 11.0 Å². The molecule has 2 heterocycles. The summed E-state index contributed by atoms with van der Waals surface area (Å²) in [5, 5.41) is 7.95. The van der Waals surface area contributed by atoms with Gasteiger partial charge < -0.3 is 10.5 Å². The number of nitrogens with zero attached hydrogens (tertiary/aromatic N) is 3. The summed E-state index contributed by atoms with van der Waals surface area (Å²) in [5.74, 6) is -0.162. The molecule has 2 N–H and O–H groups in total. The number of carbonyl (C=O) groups excluding carboxylic acids is 1. The fourth-order valence-electron chi connectivity index (χ4n) is 3.20. The molecule has 1 unspecified atom stereocenters. The number of carbonyl (C=O) groups is 1. The third-order valence-electron chi connectivity index (χ3n) is 4.86. The van der Waals surface area contributed by atoms with E-state index in [2.05, 4.69) is 15.2 Å². The van der Waals surface area contributed by atoms with Crippen LogP contribution in [0, 0.1) is 5.82 Å². The Morgan fingerprint density at radius 2 is 1.88 bits per heavy atom. The van der Waals surface area contributed by atoms with Gasteiger partial charge in [-0.15, -0.1) is 11.3 Å². The summed E-state index contributed by atoms with van der Waals surface area (Å²) in [6.45, 7) is 1.71. The maximum atomic E-state index is 14.6. The van der Waals surface area contributed by atoms with Gasteiger partial charge in [-0.25, -0.2) is 9.37 Å². The number of nitrogens with two attached hydrogens (primary N) is 1. The highest BCUT2D eigenvalue weighted by Crippen LogP contribution is 2.37. The third-order valence-corrected chi connectivity index (χ3v) is 6.14. The van der Waals surface area contributed by atoms with Crippen molar-refractivity contribution in [2.45, 2.75) is 25.6 Å². The Bertz CT molecular complexity index is 1270. The maximum Gasteiger partial charge on any atom is 0.416 e. The lowest BCUT2D eigenvalue weighted by molar-refractivity contribution is -0.137. The molecule has 6 nitrogen and oxygen atoms in total. The number of aromatic nitrogens is 1. The van der Waals surface area contributed by atoms with Gasteiger partial charge in [-0.2, -0.15) is 23.4 Å². The molecule has 0 aliphatic carbocycles. The third kappa shape index (κ3) is 4.77. The van der Waals surface area contributed by atoms with E-state index in [0.29, 0.717) is 27.4 Å². The number of alkyl halides is 3. The lowest BCUT2D eigenvalue weighted by Crippen LogP contribution is -2.08. The van der Waals surface area contributed by atoms with Gasteiger partial charge in [0.25, 0.3) is 0 Å². The zero-order chi connectivity index (χ0) is 23.8. The van der Waals surface area contributed by atoms with Crippen LogP contribution in [0.3, 0.4) is 0 Å². The fraction of sp³-hybridized carbons (Fsp3) is 0.182. The van der Waals surface area contributed by atoms with Crippen molar-refractivity contribution >= 4 is 34.9 Å². The molecule has 0 spiro atoms. The van der Waals surface area contributed by atoms with Crippen LogP contribution in [0.25, 0.3) is 10.6 Å². The van der Waals surface area contributed by atoms with Crippen LogP contribution in [0.4, 0.5) is 23.4 Å². The van der Waals surface area contributed by atoms with Crippen LogP contribution in [0.2, 0.25) is 0 Å². The molecule has 1 aromatic heterocycles. The summed E-state index contributed by atoms with van der Waals surface area (Å²) < 4.78 is 58.7. The quantitative estimate of drug-likeness (QED) is 0.379. The molecule has 0 radical (unpaired) electrons. The minimum absolute atomic E-state index is 0.154. The number of rotatable bonds is 6. The van der Waals surface area contributed by atoms with Crippen LogP contribution in [0.15, 0.2) is 52.7 Å². The molecular weight excluding hydrogens is 460 g/mol. The van der Waals surface area contributed by atoms with Gasteiger partial charge in [-0.05, 0) is 31.2 Å². The smallest absolute Gasteiger partial charge is 0.416 e. The number of hydrogen-bond donors (Lipinski definition) is 1. The molecule has 0 bridgehead atoms. The van der Waals surface area contributed by atoms with Crippen molar-refractivity contribution in [3.05, 3.63) is 64.3 Å². The average molecular weight is 476 g/mol. The highest BCUT2D eigenvalue weighted by molar-refractivity contribution is 7.15. The number of halogens is 4. The standard InChI is InChI=1S/C22H16F4N4O2S/c1-11(32-15-6-7-16(17(23)9-15)18-8-14(10-31)29-30-18)19-20(27)28-21(33-19)12-2-4-13(5-3-12)22(24,25)26/h2-7,9-11H,8,27H2,1H3. The van der Waals surface area contributed by atoms with Gasteiger partial charge in [-0.1, -0.05) is 12.1 Å². The molecule has 0 amide bonds. The summed E-state index contributed by atoms with van der Waals surface area (Å²) in [7, 11) is 0. The second kappa shape index (κ2) is 8.74. The molecule has 3 aromatic rings. The topological polar surface area (TPSA) is 89.9 Å². The van der Waals surface area contributed by atoms with E-state index in [0.717, 1.165) is 12.1 Å². The van der Waals surface area contributed by atoms with Crippen molar-refractivity contribution in [2.24, 2.45) is 10.2 Å². The Hall–Kier alpha value is -3.60. The van der Waals surface area contributed by atoms with Crippen LogP contribution in [-0.4, -0.2) is 22.7 Å². The fourth-order valence-corrected chi connectivity index (χ4v) is 4.17. The Morgan fingerprint density at radius 1 is 1.15 bits per heavy atom. The number of anilines is 1. The Labute approximate surface area is 189 Å².